The molecule has 0 unspecified atom stereocenters. The Morgan fingerprint density at radius 3 is 2.43 bits per heavy atom. The number of carbonyl (C=O) groups excluding carboxylic acids is 1. The van der Waals surface area contributed by atoms with Gasteiger partial charge in [0.25, 0.3) is 0 Å². The van der Waals surface area contributed by atoms with Crippen LogP contribution in [0.5, 0.6) is 11.5 Å². The fraction of sp³-hybridized carbons (Fsp3) is 0.133. The van der Waals surface area contributed by atoms with Crippen LogP contribution in [0.2, 0.25) is 5.02 Å². The van der Waals surface area contributed by atoms with Crippen molar-refractivity contribution in [2.45, 2.75) is 0 Å². The van der Waals surface area contributed by atoms with Gasteiger partial charge in [-0.3, -0.25) is 4.79 Å². The van der Waals surface area contributed by atoms with Gasteiger partial charge in [-0.15, -0.1) is 0 Å². The third kappa shape index (κ3) is 3.99. The van der Waals surface area contributed by atoms with E-state index in [0.29, 0.717) is 26.6 Å². The molecule has 0 heterocycles. The first-order valence-electron chi connectivity index (χ1n) is 5.96. The third-order valence-electron chi connectivity index (χ3n) is 2.74. The minimum atomic E-state index is -0.181. The average Bonchev–Trinajstić information content (AvgIpc) is 2.47. The summed E-state index contributed by atoms with van der Waals surface area (Å²) < 4.78 is 12.2. The summed E-state index contributed by atoms with van der Waals surface area (Å²) >= 11 is 12.7. The molecule has 0 bridgehead atoms. The van der Waals surface area contributed by atoms with Gasteiger partial charge in [0.05, 0.1) is 21.1 Å². The molecule has 0 amide bonds. The van der Waals surface area contributed by atoms with E-state index in [4.69, 9.17) is 21.1 Å². The molecule has 21 heavy (non-hydrogen) atoms. The number of ketones is 1. The number of carbonyl (C=O) groups is 1. The molecule has 2 aromatic rings. The summed E-state index contributed by atoms with van der Waals surface area (Å²) in [4.78, 5) is 12.1. The van der Waals surface area contributed by atoms with E-state index in [1.54, 1.807) is 43.5 Å². The summed E-state index contributed by atoms with van der Waals surface area (Å²) in [7, 11) is 1.58. The second-order valence-corrected chi connectivity index (χ2v) is 6.22. The van der Waals surface area contributed by atoms with Crippen molar-refractivity contribution in [3.05, 3.63) is 55.9 Å². The van der Waals surface area contributed by atoms with E-state index in [-0.39, 0.29) is 12.4 Å². The van der Waals surface area contributed by atoms with Gasteiger partial charge in [-0.25, -0.2) is 0 Å². The fourth-order valence-electron chi connectivity index (χ4n) is 1.69. The highest BCUT2D eigenvalue weighted by Crippen LogP contribution is 2.36. The monoisotopic (exact) mass is 432 g/mol. The number of hydrogen-bond acceptors (Lipinski definition) is 3. The summed E-state index contributed by atoms with van der Waals surface area (Å²) in [5, 5.41) is 0.418. The van der Waals surface area contributed by atoms with Gasteiger partial charge in [0, 0.05) is 5.56 Å². The second-order valence-electron chi connectivity index (χ2n) is 4.11. The summed E-state index contributed by atoms with van der Waals surface area (Å²) in [5.41, 5.74) is 0.447. The van der Waals surface area contributed by atoms with Crippen LogP contribution in [-0.4, -0.2) is 19.5 Å². The minimum Gasteiger partial charge on any atom is -0.496 e. The predicted octanol–water partition coefficient (Wildman–Crippen LogP) is 5.14. The third-order valence-corrected chi connectivity index (χ3v) is 4.31. The Bertz CT molecular complexity index is 674. The van der Waals surface area contributed by atoms with Crippen molar-refractivity contribution in [3.8, 4) is 11.5 Å². The van der Waals surface area contributed by atoms with Gasteiger partial charge in [-0.1, -0.05) is 23.7 Å². The van der Waals surface area contributed by atoms with Crippen molar-refractivity contribution < 1.29 is 14.3 Å². The van der Waals surface area contributed by atoms with Gasteiger partial charge in [0.2, 0.25) is 5.78 Å². The van der Waals surface area contributed by atoms with Crippen molar-refractivity contribution in [2.75, 3.05) is 13.7 Å². The maximum atomic E-state index is 12.1. The number of methoxy groups -OCH3 is 1. The topological polar surface area (TPSA) is 35.5 Å². The first kappa shape index (κ1) is 16.3. The van der Waals surface area contributed by atoms with Crippen LogP contribution in [0.15, 0.2) is 45.3 Å². The highest BCUT2D eigenvalue weighted by atomic mass is 79.9. The summed E-state index contributed by atoms with van der Waals surface area (Å²) in [5.74, 6) is 1.04. The summed E-state index contributed by atoms with van der Waals surface area (Å²) in [6.07, 6.45) is 0. The molecular formula is C15H11Br2ClO3. The molecule has 0 aliphatic heterocycles. The van der Waals surface area contributed by atoms with E-state index in [0.717, 1.165) is 4.47 Å². The largest absolute Gasteiger partial charge is 0.496 e. The first-order valence-corrected chi connectivity index (χ1v) is 7.93. The lowest BCUT2D eigenvalue weighted by Crippen LogP contribution is -2.12. The van der Waals surface area contributed by atoms with Crippen molar-refractivity contribution in [1.29, 1.82) is 0 Å². The lowest BCUT2D eigenvalue weighted by molar-refractivity contribution is 0.0921. The van der Waals surface area contributed by atoms with Gasteiger partial charge in [0.1, 0.15) is 11.5 Å². The molecule has 0 radical (unpaired) electrons. The van der Waals surface area contributed by atoms with Crippen LogP contribution in [0.4, 0.5) is 0 Å². The van der Waals surface area contributed by atoms with E-state index in [2.05, 4.69) is 31.9 Å². The number of hydrogen-bond donors (Lipinski definition) is 0. The van der Waals surface area contributed by atoms with Crippen molar-refractivity contribution in [2.24, 2.45) is 0 Å². The molecule has 0 aliphatic carbocycles. The Balaban J connectivity index is 2.12. The molecule has 2 aromatic carbocycles. The highest BCUT2D eigenvalue weighted by molar-refractivity contribution is 9.11. The molecule has 0 saturated heterocycles. The molecule has 0 aromatic heterocycles. The Morgan fingerprint density at radius 1 is 1.14 bits per heavy atom. The Morgan fingerprint density at radius 2 is 1.76 bits per heavy atom. The van der Waals surface area contributed by atoms with Crippen LogP contribution in [0, 0.1) is 0 Å². The summed E-state index contributed by atoms with van der Waals surface area (Å²) in [6, 6.07) is 10.4. The molecule has 2 rings (SSSR count). The number of rotatable bonds is 5. The van der Waals surface area contributed by atoms with E-state index in [1.165, 1.54) is 0 Å². The van der Waals surface area contributed by atoms with Crippen LogP contribution < -0.4 is 9.47 Å². The Labute approximate surface area is 144 Å². The maximum absolute atomic E-state index is 12.1. The van der Waals surface area contributed by atoms with E-state index < -0.39 is 0 Å². The lowest BCUT2D eigenvalue weighted by Gasteiger charge is -2.11. The molecule has 0 saturated carbocycles. The van der Waals surface area contributed by atoms with E-state index in [1.807, 2.05) is 0 Å². The van der Waals surface area contributed by atoms with Gasteiger partial charge in [-0.05, 0) is 56.1 Å². The number of halogens is 3. The minimum absolute atomic E-state index is 0.0961. The fourth-order valence-corrected chi connectivity index (χ4v) is 2.85. The smallest absolute Gasteiger partial charge is 0.201 e. The van der Waals surface area contributed by atoms with Gasteiger partial charge in [-0.2, -0.15) is 0 Å². The van der Waals surface area contributed by atoms with Crippen molar-refractivity contribution in [1.82, 2.24) is 0 Å². The zero-order valence-corrected chi connectivity index (χ0v) is 15.0. The van der Waals surface area contributed by atoms with E-state index >= 15 is 0 Å². The zero-order valence-electron chi connectivity index (χ0n) is 11.0. The highest BCUT2D eigenvalue weighted by Gasteiger charge is 2.13. The lowest BCUT2D eigenvalue weighted by atomic mass is 10.1. The van der Waals surface area contributed by atoms with Crippen LogP contribution in [-0.2, 0) is 0 Å². The van der Waals surface area contributed by atoms with Crippen LogP contribution >= 0.6 is 43.5 Å². The maximum Gasteiger partial charge on any atom is 0.201 e. The van der Waals surface area contributed by atoms with Crippen molar-refractivity contribution >= 4 is 49.2 Å². The normalized spacial score (nSPS) is 10.3. The van der Waals surface area contributed by atoms with Crippen LogP contribution in [0.25, 0.3) is 0 Å². The number of benzene rings is 2. The molecule has 0 fully saturated rings. The first-order chi connectivity index (χ1) is 10.0. The van der Waals surface area contributed by atoms with Crippen LogP contribution in [0.1, 0.15) is 10.4 Å². The SMILES string of the molecule is COc1cc(Br)c(OCC(=O)c2ccccc2Cl)cc1Br. The van der Waals surface area contributed by atoms with Gasteiger partial charge in [0.15, 0.2) is 6.61 Å². The van der Waals surface area contributed by atoms with Gasteiger partial charge >= 0.3 is 0 Å². The molecule has 0 atom stereocenters. The summed E-state index contributed by atoms with van der Waals surface area (Å²) in [6.45, 7) is -0.0961. The molecule has 3 nitrogen and oxygen atoms in total. The van der Waals surface area contributed by atoms with E-state index in [9.17, 15) is 4.79 Å². The average molecular weight is 435 g/mol. The Kier molecular flexibility index (Phi) is 5.67. The van der Waals surface area contributed by atoms with Crippen molar-refractivity contribution in [3.63, 3.8) is 0 Å². The second kappa shape index (κ2) is 7.29. The Hall–Kier alpha value is -1.04. The number of Topliss-reactive ketones (excluding diaryl/α,β-unsaturated/α-hetero) is 1. The number of ether oxygens (including phenoxy) is 2. The van der Waals surface area contributed by atoms with Crippen LogP contribution in [0.3, 0.4) is 0 Å². The standard InChI is InChI=1S/C15H11Br2ClO3/c1-20-14-6-11(17)15(7-10(14)16)21-8-13(19)9-4-2-3-5-12(9)18/h2-7H,8H2,1H3. The van der Waals surface area contributed by atoms with Gasteiger partial charge < -0.3 is 9.47 Å². The molecule has 0 N–H and O–H groups in total. The molecular weight excluding hydrogens is 423 g/mol. The molecule has 110 valence electrons. The quantitative estimate of drug-likeness (QED) is 0.612. The molecule has 6 heteroatoms. The zero-order chi connectivity index (χ0) is 15.4. The molecule has 0 spiro atoms. The molecule has 0 aliphatic rings. The predicted molar refractivity (Wildman–Crippen MR) is 89.7 cm³/mol.